The summed E-state index contributed by atoms with van der Waals surface area (Å²) >= 11 is 0. The van der Waals surface area contributed by atoms with Crippen LogP contribution in [0.3, 0.4) is 0 Å². The molecular weight excluding hydrogens is 264 g/mol. The molecule has 0 unspecified atom stereocenters. The van der Waals surface area contributed by atoms with Crippen LogP contribution in [0.15, 0.2) is 43.4 Å². The number of nitrogens with one attached hydrogen (secondary N) is 3. The molecule has 6 nitrogen and oxygen atoms in total. The number of H-pyrrole nitrogens is 2. The maximum atomic E-state index is 4.32. The molecule has 102 valence electrons. The summed E-state index contributed by atoms with van der Waals surface area (Å²) in [6, 6.07) is 7.96. The van der Waals surface area contributed by atoms with Gasteiger partial charge in [0.25, 0.3) is 0 Å². The highest BCUT2D eigenvalue weighted by Gasteiger charge is 2.07. The van der Waals surface area contributed by atoms with E-state index in [9.17, 15) is 0 Å². The van der Waals surface area contributed by atoms with Gasteiger partial charge in [0.2, 0.25) is 0 Å². The summed E-state index contributed by atoms with van der Waals surface area (Å²) in [6.45, 7) is 3.76. The largest absolute Gasteiger partial charge is 0.340 e. The minimum atomic E-state index is 0.757. The molecule has 0 saturated heterocycles. The third-order valence-corrected chi connectivity index (χ3v) is 3.37. The molecule has 6 heteroatoms. The topological polar surface area (TPSA) is 82.3 Å². The van der Waals surface area contributed by atoms with Crippen LogP contribution in [0.4, 0.5) is 11.5 Å². The molecular formula is C15H12N6. The van der Waals surface area contributed by atoms with Crippen LogP contribution in [-0.4, -0.2) is 25.1 Å². The molecule has 3 N–H and O–H groups in total. The van der Waals surface area contributed by atoms with Crippen LogP contribution in [-0.2, 0) is 0 Å². The molecule has 0 fully saturated rings. The van der Waals surface area contributed by atoms with Crippen LogP contribution in [0.1, 0.15) is 5.69 Å². The van der Waals surface area contributed by atoms with Gasteiger partial charge in [-0.2, -0.15) is 5.10 Å². The highest BCUT2D eigenvalue weighted by molar-refractivity contribution is 5.92. The number of rotatable bonds is 3. The van der Waals surface area contributed by atoms with E-state index in [1.165, 1.54) is 6.33 Å². The van der Waals surface area contributed by atoms with Crippen LogP contribution in [0.2, 0.25) is 0 Å². The minimum absolute atomic E-state index is 0.757. The summed E-state index contributed by atoms with van der Waals surface area (Å²) in [5, 5.41) is 12.2. The molecule has 1 aromatic carbocycles. The standard InChI is InChI=1S/C15H12N6/c1-2-10-6-12-14(19-10)16-8-17-15(12)20-11-3-4-13-9(5-11)7-18-21-13/h2-8H,1H2,(H,18,21)(H2,16,17,19,20). The Kier molecular flexibility index (Phi) is 2.47. The molecule has 0 aliphatic rings. The Balaban J connectivity index is 1.79. The van der Waals surface area contributed by atoms with Crippen molar-refractivity contribution in [2.75, 3.05) is 5.32 Å². The van der Waals surface area contributed by atoms with Gasteiger partial charge in [-0.05, 0) is 30.3 Å². The lowest BCUT2D eigenvalue weighted by molar-refractivity contribution is 1.12. The van der Waals surface area contributed by atoms with Crippen molar-refractivity contribution in [2.24, 2.45) is 0 Å². The van der Waals surface area contributed by atoms with Gasteiger partial charge in [0, 0.05) is 16.8 Å². The van der Waals surface area contributed by atoms with Crippen LogP contribution >= 0.6 is 0 Å². The molecule has 0 saturated carbocycles. The number of aromatic amines is 2. The van der Waals surface area contributed by atoms with E-state index in [-0.39, 0.29) is 0 Å². The highest BCUT2D eigenvalue weighted by Crippen LogP contribution is 2.25. The molecule has 0 atom stereocenters. The lowest BCUT2D eigenvalue weighted by Crippen LogP contribution is -1.94. The third kappa shape index (κ3) is 1.93. The van der Waals surface area contributed by atoms with E-state index >= 15 is 0 Å². The van der Waals surface area contributed by atoms with Crippen LogP contribution in [0.25, 0.3) is 28.0 Å². The van der Waals surface area contributed by atoms with Crippen LogP contribution < -0.4 is 5.32 Å². The fourth-order valence-electron chi connectivity index (χ4n) is 2.33. The Morgan fingerprint density at radius 3 is 3.05 bits per heavy atom. The summed E-state index contributed by atoms with van der Waals surface area (Å²) in [5.74, 6) is 0.757. The van der Waals surface area contributed by atoms with Crippen molar-refractivity contribution in [3.63, 3.8) is 0 Å². The number of aromatic nitrogens is 5. The fourth-order valence-corrected chi connectivity index (χ4v) is 2.33. The Morgan fingerprint density at radius 1 is 1.19 bits per heavy atom. The lowest BCUT2D eigenvalue weighted by atomic mass is 10.2. The first-order valence-corrected chi connectivity index (χ1v) is 6.50. The van der Waals surface area contributed by atoms with Gasteiger partial charge in [0.1, 0.15) is 17.8 Å². The van der Waals surface area contributed by atoms with Crippen molar-refractivity contribution < 1.29 is 0 Å². The summed E-state index contributed by atoms with van der Waals surface area (Å²) in [4.78, 5) is 11.7. The Morgan fingerprint density at radius 2 is 2.14 bits per heavy atom. The average Bonchev–Trinajstić information content (AvgIpc) is 3.13. The zero-order valence-corrected chi connectivity index (χ0v) is 11.1. The molecule has 3 heterocycles. The van der Waals surface area contributed by atoms with Gasteiger partial charge in [0.05, 0.1) is 17.1 Å². The lowest BCUT2D eigenvalue weighted by Gasteiger charge is -2.06. The first kappa shape index (κ1) is 11.7. The summed E-state index contributed by atoms with van der Waals surface area (Å²) < 4.78 is 0. The maximum Gasteiger partial charge on any atom is 0.143 e. The summed E-state index contributed by atoms with van der Waals surface area (Å²) in [5.41, 5.74) is 3.65. The first-order chi connectivity index (χ1) is 10.3. The molecule has 3 aromatic heterocycles. The van der Waals surface area contributed by atoms with Crippen molar-refractivity contribution >= 4 is 39.5 Å². The van der Waals surface area contributed by atoms with Crippen molar-refractivity contribution in [3.05, 3.63) is 49.1 Å². The second-order valence-electron chi connectivity index (χ2n) is 4.71. The normalized spacial score (nSPS) is 11.0. The predicted octanol–water partition coefficient (Wildman–Crippen LogP) is 3.22. The second kappa shape index (κ2) is 4.45. The van der Waals surface area contributed by atoms with E-state index in [0.717, 1.165) is 39.1 Å². The predicted molar refractivity (Wildman–Crippen MR) is 83.4 cm³/mol. The van der Waals surface area contributed by atoms with Crippen molar-refractivity contribution in [1.82, 2.24) is 25.1 Å². The molecule has 0 aliphatic heterocycles. The van der Waals surface area contributed by atoms with Crippen LogP contribution in [0, 0.1) is 0 Å². The zero-order valence-electron chi connectivity index (χ0n) is 11.1. The smallest absolute Gasteiger partial charge is 0.143 e. The Labute approximate surface area is 119 Å². The maximum absolute atomic E-state index is 4.32. The van der Waals surface area contributed by atoms with E-state index in [1.54, 1.807) is 12.3 Å². The van der Waals surface area contributed by atoms with Gasteiger partial charge in [0.15, 0.2) is 0 Å². The van der Waals surface area contributed by atoms with E-state index in [4.69, 9.17) is 0 Å². The zero-order chi connectivity index (χ0) is 14.2. The Bertz CT molecular complexity index is 949. The molecule has 0 bridgehead atoms. The number of anilines is 2. The quantitative estimate of drug-likeness (QED) is 0.536. The number of fused-ring (bicyclic) bond motifs is 2. The van der Waals surface area contributed by atoms with Crippen LogP contribution in [0.5, 0.6) is 0 Å². The first-order valence-electron chi connectivity index (χ1n) is 6.50. The van der Waals surface area contributed by atoms with E-state index < -0.39 is 0 Å². The van der Waals surface area contributed by atoms with Gasteiger partial charge in [-0.1, -0.05) is 6.58 Å². The van der Waals surface area contributed by atoms with Crippen molar-refractivity contribution in [2.45, 2.75) is 0 Å². The SMILES string of the molecule is C=Cc1cc2c(Nc3ccc4[nH]ncc4c3)ncnc2[nH]1. The monoisotopic (exact) mass is 276 g/mol. The van der Waals surface area contributed by atoms with Gasteiger partial charge in [-0.3, -0.25) is 5.10 Å². The average molecular weight is 276 g/mol. The molecule has 4 aromatic rings. The van der Waals surface area contributed by atoms with Gasteiger partial charge in [-0.15, -0.1) is 0 Å². The highest BCUT2D eigenvalue weighted by atomic mass is 15.1. The Hall–Kier alpha value is -3.15. The van der Waals surface area contributed by atoms with E-state index in [2.05, 4.69) is 37.0 Å². The van der Waals surface area contributed by atoms with Crippen molar-refractivity contribution in [1.29, 1.82) is 0 Å². The summed E-state index contributed by atoms with van der Waals surface area (Å²) in [7, 11) is 0. The van der Waals surface area contributed by atoms with Gasteiger partial charge < -0.3 is 10.3 Å². The number of benzene rings is 1. The summed E-state index contributed by atoms with van der Waals surface area (Å²) in [6.07, 6.45) is 5.08. The molecule has 0 radical (unpaired) electrons. The number of hydrogen-bond donors (Lipinski definition) is 3. The molecule has 0 amide bonds. The number of hydrogen-bond acceptors (Lipinski definition) is 4. The van der Waals surface area contributed by atoms with Crippen molar-refractivity contribution in [3.8, 4) is 0 Å². The minimum Gasteiger partial charge on any atom is -0.340 e. The molecule has 4 rings (SSSR count). The third-order valence-electron chi connectivity index (χ3n) is 3.37. The van der Waals surface area contributed by atoms with Gasteiger partial charge >= 0.3 is 0 Å². The number of nitrogens with zero attached hydrogens (tertiary/aromatic N) is 3. The van der Waals surface area contributed by atoms with Gasteiger partial charge in [-0.25, -0.2) is 9.97 Å². The fraction of sp³-hybridized carbons (Fsp3) is 0. The van der Waals surface area contributed by atoms with E-state index in [0.29, 0.717) is 0 Å². The second-order valence-corrected chi connectivity index (χ2v) is 4.71. The van der Waals surface area contributed by atoms with E-state index in [1.807, 2.05) is 24.3 Å². The molecule has 21 heavy (non-hydrogen) atoms. The molecule has 0 aliphatic carbocycles. The molecule has 0 spiro atoms.